The molecule has 0 aromatic heterocycles. The molecule has 0 heterocycles. The predicted molar refractivity (Wildman–Crippen MR) is 189 cm³/mol. The number of carbonyl (C=O) groups is 3. The Morgan fingerprint density at radius 3 is 1.81 bits per heavy atom. The number of quaternary nitrogens is 1. The van der Waals surface area contributed by atoms with Crippen molar-refractivity contribution in [2.45, 2.75) is 142 Å². The van der Waals surface area contributed by atoms with E-state index in [0.717, 1.165) is 77.0 Å². The third kappa shape index (κ3) is 31.9. The summed E-state index contributed by atoms with van der Waals surface area (Å²) in [5, 5.41) is 9.53. The van der Waals surface area contributed by atoms with Crippen molar-refractivity contribution >= 4 is 17.9 Å². The highest BCUT2D eigenvalue weighted by Crippen LogP contribution is 2.12. The topological polar surface area (TPSA) is 108 Å². The number of carboxylic acid groups (broad SMARTS) is 1. The number of aliphatic carboxylic acids is 1. The summed E-state index contributed by atoms with van der Waals surface area (Å²) in [5.41, 5.74) is 0. The molecule has 0 fully saturated rings. The zero-order valence-electron chi connectivity index (χ0n) is 30.4. The highest BCUT2D eigenvalue weighted by molar-refractivity contribution is 5.71. The molecular weight excluding hydrogens is 598 g/mol. The number of unbranched alkanes of at least 4 members (excludes halogenated alkanes) is 11. The van der Waals surface area contributed by atoms with Crippen LogP contribution < -0.4 is 0 Å². The van der Waals surface area contributed by atoms with Crippen LogP contribution in [0.5, 0.6) is 0 Å². The zero-order chi connectivity index (χ0) is 35.0. The fraction of sp³-hybridized carbons (Fsp3) is 0.763. The first-order valence-electron chi connectivity index (χ1n) is 18.2. The summed E-state index contributed by atoms with van der Waals surface area (Å²) in [7, 11) is 5.92. The van der Waals surface area contributed by atoms with Gasteiger partial charge in [0.15, 0.2) is 6.10 Å². The van der Waals surface area contributed by atoms with E-state index in [9.17, 15) is 19.5 Å². The van der Waals surface area contributed by atoms with Gasteiger partial charge in [-0.1, -0.05) is 108 Å². The number of esters is 2. The lowest BCUT2D eigenvalue weighted by Crippen LogP contribution is -2.40. The Morgan fingerprint density at radius 2 is 1.21 bits per heavy atom. The molecule has 0 rings (SSSR count). The first-order chi connectivity index (χ1) is 22.6. The largest absolute Gasteiger partial charge is 0.477 e. The van der Waals surface area contributed by atoms with Gasteiger partial charge in [0.05, 0.1) is 34.4 Å². The second-order valence-electron chi connectivity index (χ2n) is 13.2. The Balaban J connectivity index is 4.44. The van der Waals surface area contributed by atoms with Crippen LogP contribution in [0.15, 0.2) is 36.5 Å². The fourth-order valence-electron chi connectivity index (χ4n) is 4.55. The van der Waals surface area contributed by atoms with E-state index >= 15 is 0 Å². The molecule has 2 unspecified atom stereocenters. The van der Waals surface area contributed by atoms with Crippen molar-refractivity contribution in [3.63, 3.8) is 0 Å². The van der Waals surface area contributed by atoms with Crippen molar-refractivity contribution in [2.75, 3.05) is 47.5 Å². The van der Waals surface area contributed by atoms with Gasteiger partial charge in [-0.15, -0.1) is 0 Å². The number of ether oxygens (including phenoxy) is 4. The maximum atomic E-state index is 12.6. The van der Waals surface area contributed by atoms with Crippen molar-refractivity contribution in [2.24, 2.45) is 0 Å². The van der Waals surface area contributed by atoms with Crippen LogP contribution >= 0.6 is 0 Å². The minimum absolute atomic E-state index is 0.185. The number of hydrogen-bond donors (Lipinski definition) is 1. The molecule has 9 nitrogen and oxygen atoms in total. The Hall–Kier alpha value is -2.49. The van der Waals surface area contributed by atoms with Crippen molar-refractivity contribution < 1.29 is 42.9 Å². The number of allylic oxidation sites excluding steroid dienone is 6. The fourth-order valence-corrected chi connectivity index (χ4v) is 4.55. The molecule has 9 heteroatoms. The molecule has 0 radical (unpaired) electrons. The molecule has 2 atom stereocenters. The molecule has 0 saturated carbocycles. The molecule has 272 valence electrons. The van der Waals surface area contributed by atoms with Crippen molar-refractivity contribution in [3.05, 3.63) is 36.5 Å². The SMILES string of the molecule is CC/C=C\C/C=C\C/C=C\CCCCCCCCCC(=O)OC(COC(=O)CCCCCCC)COC(OCC[N+](C)(C)C)C(=O)O. The van der Waals surface area contributed by atoms with Crippen LogP contribution in [0.25, 0.3) is 0 Å². The minimum atomic E-state index is -1.51. The number of rotatable bonds is 32. The summed E-state index contributed by atoms with van der Waals surface area (Å²) in [4.78, 5) is 36.6. The minimum Gasteiger partial charge on any atom is -0.477 e. The number of carboxylic acids is 1. The molecule has 0 aliphatic carbocycles. The molecule has 0 aliphatic rings. The molecule has 0 aromatic carbocycles. The van der Waals surface area contributed by atoms with Gasteiger partial charge in [-0.2, -0.15) is 0 Å². The van der Waals surface area contributed by atoms with Crippen LogP contribution in [-0.2, 0) is 33.3 Å². The molecule has 0 aromatic rings. The molecule has 47 heavy (non-hydrogen) atoms. The molecule has 1 N–H and O–H groups in total. The zero-order valence-corrected chi connectivity index (χ0v) is 30.4. The normalized spacial score (nSPS) is 13.5. The van der Waals surface area contributed by atoms with Gasteiger partial charge in [-0.05, 0) is 44.9 Å². The highest BCUT2D eigenvalue weighted by atomic mass is 16.7. The Morgan fingerprint density at radius 1 is 0.660 bits per heavy atom. The number of carbonyl (C=O) groups excluding carboxylic acids is 2. The van der Waals surface area contributed by atoms with E-state index in [2.05, 4.69) is 50.3 Å². The second kappa shape index (κ2) is 30.8. The van der Waals surface area contributed by atoms with E-state index in [-0.39, 0.29) is 32.2 Å². The highest BCUT2D eigenvalue weighted by Gasteiger charge is 2.25. The maximum Gasteiger partial charge on any atom is 0.361 e. The van der Waals surface area contributed by atoms with Crippen LogP contribution in [0.1, 0.15) is 129 Å². The smallest absolute Gasteiger partial charge is 0.361 e. The quantitative estimate of drug-likeness (QED) is 0.0251. The summed E-state index contributed by atoms with van der Waals surface area (Å²) in [5.74, 6) is -2.04. The van der Waals surface area contributed by atoms with Crippen molar-refractivity contribution in [1.82, 2.24) is 0 Å². The lowest BCUT2D eigenvalue weighted by Gasteiger charge is -2.25. The number of hydrogen-bond acceptors (Lipinski definition) is 7. The van der Waals surface area contributed by atoms with Gasteiger partial charge in [0.1, 0.15) is 13.2 Å². The summed E-state index contributed by atoms with van der Waals surface area (Å²) in [6, 6.07) is 0. The number of likely N-dealkylation sites (N-methyl/N-ethyl adjacent to an activating group) is 1. The van der Waals surface area contributed by atoms with Gasteiger partial charge in [0.25, 0.3) is 6.29 Å². The monoisotopic (exact) mass is 666 g/mol. The van der Waals surface area contributed by atoms with E-state index < -0.39 is 24.3 Å². The van der Waals surface area contributed by atoms with E-state index in [0.29, 0.717) is 23.9 Å². The molecule has 0 bridgehead atoms. The lowest BCUT2D eigenvalue weighted by molar-refractivity contribution is -0.870. The average Bonchev–Trinajstić information content (AvgIpc) is 3.01. The van der Waals surface area contributed by atoms with E-state index in [1.54, 1.807) is 0 Å². The molecule has 0 amide bonds. The van der Waals surface area contributed by atoms with E-state index in [4.69, 9.17) is 18.9 Å². The van der Waals surface area contributed by atoms with Crippen LogP contribution in [0.4, 0.5) is 0 Å². The summed E-state index contributed by atoms with van der Waals surface area (Å²) >= 11 is 0. The maximum absolute atomic E-state index is 12.6. The first kappa shape index (κ1) is 44.5. The molecule has 0 saturated heterocycles. The number of nitrogens with zero attached hydrogens (tertiary/aromatic N) is 1. The molecule has 0 aliphatic heterocycles. The van der Waals surface area contributed by atoms with Crippen molar-refractivity contribution in [3.8, 4) is 0 Å². The average molecular weight is 667 g/mol. The lowest BCUT2D eigenvalue weighted by atomic mass is 10.1. The van der Waals surface area contributed by atoms with Crippen LogP contribution in [0, 0.1) is 0 Å². The predicted octanol–water partition coefficient (Wildman–Crippen LogP) is 8.32. The van der Waals surface area contributed by atoms with E-state index in [1.807, 2.05) is 21.1 Å². The van der Waals surface area contributed by atoms with Crippen LogP contribution in [0.2, 0.25) is 0 Å². The Bertz CT molecular complexity index is 877. The van der Waals surface area contributed by atoms with Gasteiger partial charge >= 0.3 is 17.9 Å². The van der Waals surface area contributed by atoms with Gasteiger partial charge < -0.3 is 28.5 Å². The first-order valence-corrected chi connectivity index (χ1v) is 18.2. The molecule has 0 spiro atoms. The van der Waals surface area contributed by atoms with Crippen LogP contribution in [0.3, 0.4) is 0 Å². The Kier molecular flexibility index (Phi) is 29.2. The summed E-state index contributed by atoms with van der Waals surface area (Å²) in [6.45, 7) is 4.62. The second-order valence-corrected chi connectivity index (χ2v) is 13.2. The summed E-state index contributed by atoms with van der Waals surface area (Å²) in [6.07, 6.45) is 28.1. The summed E-state index contributed by atoms with van der Waals surface area (Å²) < 4.78 is 22.4. The van der Waals surface area contributed by atoms with E-state index in [1.165, 1.54) is 19.3 Å². The molecular formula is C38H68NO8+. The Labute approximate surface area is 286 Å². The standard InChI is InChI=1S/C38H67NO8/c1-6-8-10-12-13-14-15-16-17-18-19-20-21-22-23-25-27-29-36(41)47-34(32-45-35(40)28-26-24-11-9-7-2)33-46-38(37(42)43)44-31-30-39(3,4)5/h8,10,13-14,16-17,34,38H,6-7,9,11-12,15,18-33H2,1-5H3/p+1/b10-8-,14-13-,17-16-. The van der Waals surface area contributed by atoms with Gasteiger partial charge in [-0.25, -0.2) is 4.79 Å². The third-order valence-electron chi connectivity index (χ3n) is 7.41. The third-order valence-corrected chi connectivity index (χ3v) is 7.41. The van der Waals surface area contributed by atoms with Crippen LogP contribution in [-0.4, -0.2) is 87.4 Å². The van der Waals surface area contributed by atoms with Crippen molar-refractivity contribution in [1.29, 1.82) is 0 Å². The van der Waals surface area contributed by atoms with Gasteiger partial charge in [0, 0.05) is 12.8 Å². The van der Waals surface area contributed by atoms with Gasteiger partial charge in [-0.3, -0.25) is 9.59 Å². The van der Waals surface area contributed by atoms with Gasteiger partial charge in [0.2, 0.25) is 0 Å².